The number of esters is 2. The molecular formula is C14H26O4. The molecule has 0 saturated heterocycles. The van der Waals surface area contributed by atoms with Crippen molar-refractivity contribution >= 4 is 11.9 Å². The summed E-state index contributed by atoms with van der Waals surface area (Å²) < 4.78 is 9.84. The number of carbonyl (C=O) groups is 2. The zero-order valence-corrected chi connectivity index (χ0v) is 11.7. The maximum absolute atomic E-state index is 11.3. The first kappa shape index (κ1) is 16.9. The standard InChI is InChI=1S/C14H26O4/c1-3-5-6-7-8-10-14(16)18-12-11-17-13(15)9-4-2/h3-12H2,1-2H3. The lowest BCUT2D eigenvalue weighted by Crippen LogP contribution is -2.13. The molecule has 0 spiro atoms. The van der Waals surface area contributed by atoms with E-state index in [-0.39, 0.29) is 25.2 Å². The Hall–Kier alpha value is -1.06. The maximum Gasteiger partial charge on any atom is 0.305 e. The summed E-state index contributed by atoms with van der Waals surface area (Å²) in [7, 11) is 0. The first-order chi connectivity index (χ1) is 8.70. The third kappa shape index (κ3) is 11.4. The summed E-state index contributed by atoms with van der Waals surface area (Å²) >= 11 is 0. The average molecular weight is 258 g/mol. The Morgan fingerprint density at radius 2 is 1.28 bits per heavy atom. The average Bonchev–Trinajstić information content (AvgIpc) is 2.35. The molecule has 0 saturated carbocycles. The van der Waals surface area contributed by atoms with Crippen molar-refractivity contribution in [3.8, 4) is 0 Å². The third-order valence-corrected chi connectivity index (χ3v) is 2.55. The molecule has 0 aromatic carbocycles. The lowest BCUT2D eigenvalue weighted by molar-refractivity contribution is -0.152. The highest BCUT2D eigenvalue weighted by Crippen LogP contribution is 2.05. The van der Waals surface area contributed by atoms with Crippen LogP contribution in [0.15, 0.2) is 0 Å². The quantitative estimate of drug-likeness (QED) is 0.422. The smallest absolute Gasteiger partial charge is 0.305 e. The second kappa shape index (κ2) is 12.4. The predicted octanol–water partition coefficient (Wildman–Crippen LogP) is 3.23. The number of carbonyl (C=O) groups excluding carboxylic acids is 2. The van der Waals surface area contributed by atoms with Crippen molar-refractivity contribution in [1.82, 2.24) is 0 Å². The summed E-state index contributed by atoms with van der Waals surface area (Å²) in [5.41, 5.74) is 0. The fraction of sp³-hybridized carbons (Fsp3) is 0.857. The Balaban J connectivity index is 3.29. The van der Waals surface area contributed by atoms with Gasteiger partial charge in [-0.1, -0.05) is 39.5 Å². The second-order valence-corrected chi connectivity index (χ2v) is 4.36. The fourth-order valence-corrected chi connectivity index (χ4v) is 1.53. The molecule has 0 bridgehead atoms. The van der Waals surface area contributed by atoms with Gasteiger partial charge in [-0.3, -0.25) is 9.59 Å². The minimum atomic E-state index is -0.229. The lowest BCUT2D eigenvalue weighted by atomic mass is 10.1. The van der Waals surface area contributed by atoms with Crippen molar-refractivity contribution < 1.29 is 19.1 Å². The van der Waals surface area contributed by atoms with Gasteiger partial charge >= 0.3 is 11.9 Å². The molecule has 0 atom stereocenters. The van der Waals surface area contributed by atoms with Gasteiger partial charge in [-0.2, -0.15) is 0 Å². The molecule has 4 nitrogen and oxygen atoms in total. The Morgan fingerprint density at radius 1 is 0.722 bits per heavy atom. The molecule has 0 amide bonds. The summed E-state index contributed by atoms with van der Waals surface area (Å²) in [6.45, 7) is 4.41. The summed E-state index contributed by atoms with van der Waals surface area (Å²) in [5, 5.41) is 0. The largest absolute Gasteiger partial charge is 0.462 e. The van der Waals surface area contributed by atoms with Crippen LogP contribution >= 0.6 is 0 Å². The number of hydrogen-bond acceptors (Lipinski definition) is 4. The van der Waals surface area contributed by atoms with Gasteiger partial charge in [0.15, 0.2) is 0 Å². The highest BCUT2D eigenvalue weighted by atomic mass is 16.6. The van der Waals surface area contributed by atoms with Crippen molar-refractivity contribution in [3.63, 3.8) is 0 Å². The van der Waals surface area contributed by atoms with Gasteiger partial charge in [-0.05, 0) is 12.8 Å². The topological polar surface area (TPSA) is 52.6 Å². The molecule has 0 aromatic heterocycles. The van der Waals surface area contributed by atoms with E-state index in [1.807, 2.05) is 6.92 Å². The third-order valence-electron chi connectivity index (χ3n) is 2.55. The molecule has 106 valence electrons. The van der Waals surface area contributed by atoms with E-state index in [0.29, 0.717) is 12.8 Å². The van der Waals surface area contributed by atoms with Gasteiger partial charge in [0.1, 0.15) is 13.2 Å². The number of ether oxygens (including phenoxy) is 2. The SMILES string of the molecule is CCCCCCCC(=O)OCCOC(=O)CCC. The molecule has 0 aromatic rings. The molecule has 0 radical (unpaired) electrons. The van der Waals surface area contributed by atoms with Gasteiger partial charge in [0.05, 0.1) is 0 Å². The van der Waals surface area contributed by atoms with Crippen LogP contribution in [-0.2, 0) is 19.1 Å². The van der Waals surface area contributed by atoms with E-state index in [0.717, 1.165) is 19.3 Å². The molecular weight excluding hydrogens is 232 g/mol. The Labute approximate surface area is 110 Å². The van der Waals surface area contributed by atoms with Crippen molar-refractivity contribution in [3.05, 3.63) is 0 Å². The summed E-state index contributed by atoms with van der Waals surface area (Å²) in [6.07, 6.45) is 7.23. The van der Waals surface area contributed by atoms with E-state index in [9.17, 15) is 9.59 Å². The van der Waals surface area contributed by atoms with E-state index in [4.69, 9.17) is 9.47 Å². The molecule has 18 heavy (non-hydrogen) atoms. The van der Waals surface area contributed by atoms with Gasteiger partial charge in [-0.25, -0.2) is 0 Å². The molecule has 0 aliphatic rings. The van der Waals surface area contributed by atoms with Crippen LogP contribution in [0.2, 0.25) is 0 Å². The normalized spacial score (nSPS) is 10.1. The van der Waals surface area contributed by atoms with Gasteiger partial charge in [-0.15, -0.1) is 0 Å². The monoisotopic (exact) mass is 258 g/mol. The highest BCUT2D eigenvalue weighted by Gasteiger charge is 2.04. The van der Waals surface area contributed by atoms with Crippen LogP contribution in [0, 0.1) is 0 Å². The van der Waals surface area contributed by atoms with Crippen LogP contribution < -0.4 is 0 Å². The fourth-order valence-electron chi connectivity index (χ4n) is 1.53. The summed E-state index contributed by atoms with van der Waals surface area (Å²) in [6, 6.07) is 0. The number of rotatable bonds is 11. The molecule has 0 N–H and O–H groups in total. The van der Waals surface area contributed by atoms with Gasteiger partial charge in [0, 0.05) is 12.8 Å². The van der Waals surface area contributed by atoms with Crippen molar-refractivity contribution in [2.24, 2.45) is 0 Å². The highest BCUT2D eigenvalue weighted by molar-refractivity contribution is 5.70. The molecule has 0 unspecified atom stereocenters. The summed E-state index contributed by atoms with van der Waals surface area (Å²) in [5.74, 6) is -0.425. The van der Waals surface area contributed by atoms with E-state index >= 15 is 0 Å². The predicted molar refractivity (Wildman–Crippen MR) is 70.2 cm³/mol. The van der Waals surface area contributed by atoms with Crippen LogP contribution in [0.3, 0.4) is 0 Å². The van der Waals surface area contributed by atoms with Crippen molar-refractivity contribution in [2.75, 3.05) is 13.2 Å². The number of unbranched alkanes of at least 4 members (excludes halogenated alkanes) is 4. The molecule has 4 heteroatoms. The maximum atomic E-state index is 11.3. The van der Waals surface area contributed by atoms with E-state index in [1.54, 1.807) is 0 Å². The van der Waals surface area contributed by atoms with E-state index in [2.05, 4.69) is 6.92 Å². The Bertz CT molecular complexity index is 226. The van der Waals surface area contributed by atoms with E-state index < -0.39 is 0 Å². The minimum Gasteiger partial charge on any atom is -0.462 e. The zero-order valence-electron chi connectivity index (χ0n) is 11.7. The Morgan fingerprint density at radius 3 is 1.83 bits per heavy atom. The second-order valence-electron chi connectivity index (χ2n) is 4.36. The van der Waals surface area contributed by atoms with Crippen LogP contribution in [0.1, 0.15) is 65.2 Å². The van der Waals surface area contributed by atoms with Gasteiger partial charge < -0.3 is 9.47 Å². The van der Waals surface area contributed by atoms with Crippen LogP contribution in [0.5, 0.6) is 0 Å². The van der Waals surface area contributed by atoms with E-state index in [1.165, 1.54) is 19.3 Å². The number of hydrogen-bond donors (Lipinski definition) is 0. The summed E-state index contributed by atoms with van der Waals surface area (Å²) in [4.78, 5) is 22.3. The molecule has 0 aliphatic carbocycles. The lowest BCUT2D eigenvalue weighted by Gasteiger charge is -2.06. The first-order valence-corrected chi connectivity index (χ1v) is 7.02. The minimum absolute atomic E-state index is 0.167. The zero-order chi connectivity index (χ0) is 13.6. The molecule has 0 aliphatic heterocycles. The van der Waals surface area contributed by atoms with Crippen molar-refractivity contribution in [2.45, 2.75) is 65.2 Å². The van der Waals surface area contributed by atoms with Gasteiger partial charge in [0.25, 0.3) is 0 Å². The molecule has 0 heterocycles. The molecule has 0 fully saturated rings. The first-order valence-electron chi connectivity index (χ1n) is 7.02. The van der Waals surface area contributed by atoms with Gasteiger partial charge in [0.2, 0.25) is 0 Å². The van der Waals surface area contributed by atoms with Crippen LogP contribution in [-0.4, -0.2) is 25.2 Å². The Kier molecular flexibility index (Phi) is 11.7. The molecule has 0 rings (SSSR count). The van der Waals surface area contributed by atoms with Crippen LogP contribution in [0.4, 0.5) is 0 Å². The van der Waals surface area contributed by atoms with Crippen molar-refractivity contribution in [1.29, 1.82) is 0 Å². The van der Waals surface area contributed by atoms with Crippen LogP contribution in [0.25, 0.3) is 0 Å².